The molecule has 0 aliphatic heterocycles. The molecule has 2 N–H and O–H groups in total. The highest BCUT2D eigenvalue weighted by molar-refractivity contribution is 7.12. The van der Waals surface area contributed by atoms with E-state index in [2.05, 4.69) is 37.1 Å². The summed E-state index contributed by atoms with van der Waals surface area (Å²) >= 11 is 1.88. The van der Waals surface area contributed by atoms with Crippen LogP contribution < -0.4 is 10.6 Å². The zero-order valence-corrected chi connectivity index (χ0v) is 11.1. The summed E-state index contributed by atoms with van der Waals surface area (Å²) in [6.07, 6.45) is 1.11. The third-order valence-electron chi connectivity index (χ3n) is 2.81. The second kappa shape index (κ2) is 5.23. The minimum absolute atomic E-state index is 0.835. The summed E-state index contributed by atoms with van der Waals surface area (Å²) < 4.78 is 0. The number of nitrogens with zero attached hydrogens (tertiary/aromatic N) is 1. The summed E-state index contributed by atoms with van der Waals surface area (Å²) in [5.74, 6) is 0. The van der Waals surface area contributed by atoms with E-state index in [4.69, 9.17) is 5.73 Å². The van der Waals surface area contributed by atoms with Gasteiger partial charge in [-0.15, -0.1) is 11.3 Å². The van der Waals surface area contributed by atoms with Crippen molar-refractivity contribution < 1.29 is 0 Å². The fourth-order valence-electron chi connectivity index (χ4n) is 1.85. The summed E-state index contributed by atoms with van der Waals surface area (Å²) in [6.45, 7) is 3.10. The first-order chi connectivity index (χ1) is 8.20. The number of rotatable bonds is 4. The van der Waals surface area contributed by atoms with Gasteiger partial charge in [-0.1, -0.05) is 19.1 Å². The topological polar surface area (TPSA) is 29.3 Å². The quantitative estimate of drug-likeness (QED) is 0.836. The largest absolute Gasteiger partial charge is 0.397 e. The lowest BCUT2D eigenvalue weighted by molar-refractivity contribution is 0.942. The standard InChI is InChI=1S/C14H18N2S/c1-3-11-8-9-12(17-11)10-16(2)14-7-5-4-6-13(14)15/h4-9H,3,10,15H2,1-2H3. The molecule has 3 heteroatoms. The molecule has 2 rings (SSSR count). The molecule has 0 amide bonds. The van der Waals surface area contributed by atoms with Gasteiger partial charge in [-0.3, -0.25) is 0 Å². The third-order valence-corrected chi connectivity index (χ3v) is 4.02. The molecule has 0 unspecified atom stereocenters. The molecule has 17 heavy (non-hydrogen) atoms. The van der Waals surface area contributed by atoms with Crippen molar-refractivity contribution in [2.75, 3.05) is 17.7 Å². The Morgan fingerprint density at radius 3 is 2.47 bits per heavy atom. The Balaban J connectivity index is 2.11. The van der Waals surface area contributed by atoms with Crippen LogP contribution in [0.25, 0.3) is 0 Å². The Morgan fingerprint density at radius 1 is 1.12 bits per heavy atom. The number of anilines is 2. The molecule has 0 radical (unpaired) electrons. The van der Waals surface area contributed by atoms with E-state index in [9.17, 15) is 0 Å². The maximum atomic E-state index is 5.97. The lowest BCUT2D eigenvalue weighted by Crippen LogP contribution is -2.16. The van der Waals surface area contributed by atoms with Crippen LogP contribution in [0.15, 0.2) is 36.4 Å². The summed E-state index contributed by atoms with van der Waals surface area (Å²) in [5, 5.41) is 0. The van der Waals surface area contributed by atoms with Crippen molar-refractivity contribution in [1.82, 2.24) is 0 Å². The summed E-state index contributed by atoms with van der Waals surface area (Å²) in [5.41, 5.74) is 7.90. The van der Waals surface area contributed by atoms with Gasteiger partial charge in [0.05, 0.1) is 17.9 Å². The summed E-state index contributed by atoms with van der Waals surface area (Å²) in [4.78, 5) is 5.02. The van der Waals surface area contributed by atoms with Gasteiger partial charge in [-0.25, -0.2) is 0 Å². The summed E-state index contributed by atoms with van der Waals surface area (Å²) in [7, 11) is 2.08. The van der Waals surface area contributed by atoms with Crippen molar-refractivity contribution >= 4 is 22.7 Å². The molecule has 2 nitrogen and oxygen atoms in total. The molecule has 0 saturated heterocycles. The van der Waals surface area contributed by atoms with Crippen LogP contribution in [-0.2, 0) is 13.0 Å². The number of nitrogen functional groups attached to an aromatic ring is 1. The molecule has 0 spiro atoms. The zero-order valence-electron chi connectivity index (χ0n) is 10.3. The van der Waals surface area contributed by atoms with Crippen LogP contribution in [0.4, 0.5) is 11.4 Å². The molecule has 1 aromatic heterocycles. The zero-order chi connectivity index (χ0) is 12.3. The molecule has 90 valence electrons. The van der Waals surface area contributed by atoms with Gasteiger partial charge in [-0.05, 0) is 30.7 Å². The Morgan fingerprint density at radius 2 is 1.82 bits per heavy atom. The Hall–Kier alpha value is -1.48. The van der Waals surface area contributed by atoms with E-state index in [0.29, 0.717) is 0 Å². The number of benzene rings is 1. The smallest absolute Gasteiger partial charge is 0.0600 e. The number of hydrogen-bond donors (Lipinski definition) is 1. The number of nitrogens with two attached hydrogens (primary N) is 1. The number of aryl methyl sites for hydroxylation is 1. The van der Waals surface area contributed by atoms with Gasteiger partial charge in [0.2, 0.25) is 0 Å². The second-order valence-corrected chi connectivity index (χ2v) is 5.39. The molecule has 0 aliphatic rings. The Bertz CT molecular complexity index is 490. The van der Waals surface area contributed by atoms with Crippen LogP contribution in [0.5, 0.6) is 0 Å². The normalized spacial score (nSPS) is 10.5. The highest BCUT2D eigenvalue weighted by atomic mass is 32.1. The van der Waals surface area contributed by atoms with Gasteiger partial charge in [-0.2, -0.15) is 0 Å². The first kappa shape index (κ1) is 12.0. The first-order valence-electron chi connectivity index (χ1n) is 5.84. The highest BCUT2D eigenvalue weighted by Gasteiger charge is 2.06. The van der Waals surface area contributed by atoms with Crippen molar-refractivity contribution in [2.45, 2.75) is 19.9 Å². The molecule has 0 bridgehead atoms. The van der Waals surface area contributed by atoms with Crippen LogP contribution in [0.1, 0.15) is 16.7 Å². The highest BCUT2D eigenvalue weighted by Crippen LogP contribution is 2.25. The maximum Gasteiger partial charge on any atom is 0.0600 e. The van der Waals surface area contributed by atoms with Gasteiger partial charge in [0.25, 0.3) is 0 Å². The molecule has 1 heterocycles. The van der Waals surface area contributed by atoms with Crippen LogP contribution >= 0.6 is 11.3 Å². The third kappa shape index (κ3) is 2.80. The van der Waals surface area contributed by atoms with E-state index in [1.807, 2.05) is 29.5 Å². The second-order valence-electron chi connectivity index (χ2n) is 4.14. The first-order valence-corrected chi connectivity index (χ1v) is 6.65. The lowest BCUT2D eigenvalue weighted by Gasteiger charge is -2.20. The molecular weight excluding hydrogens is 228 g/mol. The van der Waals surface area contributed by atoms with Gasteiger partial charge in [0.15, 0.2) is 0 Å². The predicted octanol–water partition coefficient (Wildman–Crippen LogP) is 3.53. The average molecular weight is 246 g/mol. The monoisotopic (exact) mass is 246 g/mol. The van der Waals surface area contributed by atoms with Crippen LogP contribution in [0, 0.1) is 0 Å². The van der Waals surface area contributed by atoms with Crippen molar-refractivity contribution in [3.63, 3.8) is 0 Å². The van der Waals surface area contributed by atoms with Gasteiger partial charge >= 0.3 is 0 Å². The molecule has 0 fully saturated rings. The number of hydrogen-bond acceptors (Lipinski definition) is 3. The van der Waals surface area contributed by atoms with E-state index >= 15 is 0 Å². The van der Waals surface area contributed by atoms with E-state index in [-0.39, 0.29) is 0 Å². The number of thiophene rings is 1. The van der Waals surface area contributed by atoms with Crippen molar-refractivity contribution in [3.05, 3.63) is 46.2 Å². The van der Waals surface area contributed by atoms with Crippen molar-refractivity contribution in [3.8, 4) is 0 Å². The molecule has 0 saturated carbocycles. The van der Waals surface area contributed by atoms with Crippen LogP contribution in [0.3, 0.4) is 0 Å². The van der Waals surface area contributed by atoms with Crippen molar-refractivity contribution in [2.24, 2.45) is 0 Å². The predicted molar refractivity (Wildman–Crippen MR) is 76.7 cm³/mol. The minimum atomic E-state index is 0.835. The maximum absolute atomic E-state index is 5.97. The number of para-hydroxylation sites is 2. The SMILES string of the molecule is CCc1ccc(CN(C)c2ccccc2N)s1. The van der Waals surface area contributed by atoms with Crippen molar-refractivity contribution in [1.29, 1.82) is 0 Å². The van der Waals surface area contributed by atoms with Crippen LogP contribution in [0.2, 0.25) is 0 Å². The van der Waals surface area contributed by atoms with Crippen LogP contribution in [-0.4, -0.2) is 7.05 Å². The summed E-state index contributed by atoms with van der Waals surface area (Å²) in [6, 6.07) is 12.4. The van der Waals surface area contributed by atoms with E-state index in [1.54, 1.807) is 0 Å². The minimum Gasteiger partial charge on any atom is -0.397 e. The fraction of sp³-hybridized carbons (Fsp3) is 0.286. The van der Waals surface area contributed by atoms with Gasteiger partial charge in [0.1, 0.15) is 0 Å². The Kier molecular flexibility index (Phi) is 3.69. The van der Waals surface area contributed by atoms with E-state index in [0.717, 1.165) is 24.3 Å². The van der Waals surface area contributed by atoms with E-state index in [1.165, 1.54) is 9.75 Å². The molecule has 0 aliphatic carbocycles. The van der Waals surface area contributed by atoms with E-state index < -0.39 is 0 Å². The lowest BCUT2D eigenvalue weighted by atomic mass is 10.2. The Labute approximate surface area is 107 Å². The molecule has 1 aromatic carbocycles. The molecule has 0 atom stereocenters. The molecule has 2 aromatic rings. The molecular formula is C14H18N2S. The fourth-order valence-corrected chi connectivity index (χ4v) is 2.86. The van der Waals surface area contributed by atoms with Gasteiger partial charge in [0, 0.05) is 16.8 Å². The average Bonchev–Trinajstić information content (AvgIpc) is 2.77. The van der Waals surface area contributed by atoms with Gasteiger partial charge < -0.3 is 10.6 Å².